The molecule has 0 aliphatic rings. The van der Waals surface area contributed by atoms with E-state index in [1.807, 2.05) is 0 Å². The van der Waals surface area contributed by atoms with Crippen molar-refractivity contribution in [3.8, 4) is 11.4 Å². The van der Waals surface area contributed by atoms with Crippen molar-refractivity contribution in [3.63, 3.8) is 0 Å². The summed E-state index contributed by atoms with van der Waals surface area (Å²) in [7, 11) is 0. The Morgan fingerprint density at radius 2 is 1.78 bits per heavy atom. The van der Waals surface area contributed by atoms with Crippen LogP contribution in [0.3, 0.4) is 0 Å². The molecule has 0 radical (unpaired) electrons. The number of aromatic nitrogens is 2. The van der Waals surface area contributed by atoms with Crippen molar-refractivity contribution in [2.24, 2.45) is 0 Å². The Balaban J connectivity index is 2.55. The Hall–Kier alpha value is -2.31. The van der Waals surface area contributed by atoms with Crippen LogP contribution >= 0.6 is 0 Å². The molecule has 0 spiro atoms. The number of benzene rings is 1. The van der Waals surface area contributed by atoms with E-state index in [0.29, 0.717) is 17.3 Å². The standard InChI is InChI=1S/C11H8F3N3O/c12-11(13,14)8-5-9(18)17-10(16-8)6-1-3-7(15)4-2-6/h1-5H,15H2,(H,16,17,18). The molecule has 7 heteroatoms. The molecule has 4 nitrogen and oxygen atoms in total. The number of rotatable bonds is 1. The Labute approximate surface area is 99.3 Å². The van der Waals surface area contributed by atoms with Gasteiger partial charge in [0.15, 0.2) is 5.69 Å². The molecule has 0 fully saturated rings. The van der Waals surface area contributed by atoms with Crippen LogP contribution in [-0.2, 0) is 6.18 Å². The second-order valence-electron chi connectivity index (χ2n) is 3.60. The van der Waals surface area contributed by atoms with Gasteiger partial charge in [-0.2, -0.15) is 13.2 Å². The Bertz CT molecular complexity index is 617. The van der Waals surface area contributed by atoms with Crippen molar-refractivity contribution < 1.29 is 13.2 Å². The van der Waals surface area contributed by atoms with Gasteiger partial charge in [-0.3, -0.25) is 4.79 Å². The summed E-state index contributed by atoms with van der Waals surface area (Å²) in [6.07, 6.45) is -4.66. The number of hydrogen-bond acceptors (Lipinski definition) is 3. The van der Waals surface area contributed by atoms with Crippen molar-refractivity contribution >= 4 is 5.69 Å². The average Bonchev–Trinajstić information content (AvgIpc) is 2.28. The van der Waals surface area contributed by atoms with Gasteiger partial charge in [-0.25, -0.2) is 4.98 Å². The van der Waals surface area contributed by atoms with Gasteiger partial charge < -0.3 is 10.7 Å². The number of anilines is 1. The molecule has 0 amide bonds. The average molecular weight is 255 g/mol. The van der Waals surface area contributed by atoms with Gasteiger partial charge in [-0.1, -0.05) is 0 Å². The molecule has 1 heterocycles. The number of hydrogen-bond donors (Lipinski definition) is 2. The minimum atomic E-state index is -4.66. The van der Waals surface area contributed by atoms with Crippen LogP contribution in [0.25, 0.3) is 11.4 Å². The summed E-state index contributed by atoms with van der Waals surface area (Å²) in [6.45, 7) is 0. The van der Waals surface area contributed by atoms with E-state index in [9.17, 15) is 18.0 Å². The highest BCUT2D eigenvalue weighted by Crippen LogP contribution is 2.27. The monoisotopic (exact) mass is 255 g/mol. The number of aromatic amines is 1. The van der Waals surface area contributed by atoms with E-state index in [4.69, 9.17) is 5.73 Å². The van der Waals surface area contributed by atoms with Crippen molar-refractivity contribution in [2.45, 2.75) is 6.18 Å². The molecule has 18 heavy (non-hydrogen) atoms. The van der Waals surface area contributed by atoms with Crippen LogP contribution in [0.2, 0.25) is 0 Å². The number of alkyl halides is 3. The predicted molar refractivity (Wildman–Crippen MR) is 59.7 cm³/mol. The van der Waals surface area contributed by atoms with Crippen LogP contribution in [0.5, 0.6) is 0 Å². The summed E-state index contributed by atoms with van der Waals surface area (Å²) >= 11 is 0. The molecule has 3 N–H and O–H groups in total. The maximum atomic E-state index is 12.5. The molecule has 0 atom stereocenters. The molecular formula is C11H8F3N3O. The molecule has 0 unspecified atom stereocenters. The fourth-order valence-electron chi connectivity index (χ4n) is 1.38. The first-order valence-electron chi connectivity index (χ1n) is 4.91. The van der Waals surface area contributed by atoms with Gasteiger partial charge in [0.25, 0.3) is 5.56 Å². The molecule has 0 bridgehead atoms. The molecular weight excluding hydrogens is 247 g/mol. The quantitative estimate of drug-likeness (QED) is 0.766. The highest BCUT2D eigenvalue weighted by Gasteiger charge is 2.33. The Morgan fingerprint density at radius 3 is 2.33 bits per heavy atom. The van der Waals surface area contributed by atoms with Crippen LogP contribution in [-0.4, -0.2) is 9.97 Å². The van der Waals surface area contributed by atoms with E-state index in [1.54, 1.807) is 0 Å². The van der Waals surface area contributed by atoms with E-state index >= 15 is 0 Å². The number of nitrogens with two attached hydrogens (primary N) is 1. The number of H-pyrrole nitrogens is 1. The molecule has 2 rings (SSSR count). The molecule has 94 valence electrons. The molecule has 0 saturated carbocycles. The summed E-state index contributed by atoms with van der Waals surface area (Å²) < 4.78 is 37.5. The van der Waals surface area contributed by atoms with Crippen LogP contribution in [0.4, 0.5) is 18.9 Å². The molecule has 2 aromatic rings. The summed E-state index contributed by atoms with van der Waals surface area (Å²) in [6, 6.07) is 6.40. The molecule has 0 aliphatic carbocycles. The maximum Gasteiger partial charge on any atom is 0.433 e. The number of halogens is 3. The van der Waals surface area contributed by atoms with Crippen molar-refractivity contribution in [2.75, 3.05) is 5.73 Å². The molecule has 1 aromatic heterocycles. The van der Waals surface area contributed by atoms with E-state index < -0.39 is 17.4 Å². The lowest BCUT2D eigenvalue weighted by molar-refractivity contribution is -0.141. The lowest BCUT2D eigenvalue weighted by atomic mass is 10.2. The van der Waals surface area contributed by atoms with Crippen LogP contribution in [0.1, 0.15) is 5.69 Å². The van der Waals surface area contributed by atoms with Gasteiger partial charge in [0, 0.05) is 17.3 Å². The van der Waals surface area contributed by atoms with Gasteiger partial charge in [0.05, 0.1) is 0 Å². The Kier molecular flexibility index (Phi) is 2.82. The SMILES string of the molecule is Nc1ccc(-c2nc(C(F)(F)F)cc(=O)[nH]2)cc1. The highest BCUT2D eigenvalue weighted by molar-refractivity contribution is 5.58. The van der Waals surface area contributed by atoms with E-state index in [1.165, 1.54) is 24.3 Å². The maximum absolute atomic E-state index is 12.5. The van der Waals surface area contributed by atoms with Gasteiger partial charge in [-0.15, -0.1) is 0 Å². The molecule has 1 aromatic carbocycles. The second kappa shape index (κ2) is 4.17. The van der Waals surface area contributed by atoms with Gasteiger partial charge >= 0.3 is 6.18 Å². The third kappa shape index (κ3) is 2.50. The van der Waals surface area contributed by atoms with Crippen LogP contribution < -0.4 is 11.3 Å². The Morgan fingerprint density at radius 1 is 1.17 bits per heavy atom. The summed E-state index contributed by atoms with van der Waals surface area (Å²) in [4.78, 5) is 16.8. The fraction of sp³-hybridized carbons (Fsp3) is 0.0909. The molecule has 0 aliphatic heterocycles. The third-order valence-corrected chi connectivity index (χ3v) is 2.22. The van der Waals surface area contributed by atoms with Crippen LogP contribution in [0, 0.1) is 0 Å². The van der Waals surface area contributed by atoms with E-state index in [-0.39, 0.29) is 5.82 Å². The van der Waals surface area contributed by atoms with E-state index in [0.717, 1.165) is 0 Å². The topological polar surface area (TPSA) is 71.8 Å². The zero-order valence-electron chi connectivity index (χ0n) is 8.95. The number of nitrogens with one attached hydrogen (secondary N) is 1. The number of nitrogen functional groups attached to an aromatic ring is 1. The largest absolute Gasteiger partial charge is 0.433 e. The van der Waals surface area contributed by atoms with Crippen molar-refractivity contribution in [1.29, 1.82) is 0 Å². The first-order valence-corrected chi connectivity index (χ1v) is 4.91. The zero-order valence-corrected chi connectivity index (χ0v) is 8.95. The zero-order chi connectivity index (χ0) is 13.3. The summed E-state index contributed by atoms with van der Waals surface area (Å²) in [5.74, 6) is -0.144. The lowest BCUT2D eigenvalue weighted by Crippen LogP contribution is -2.16. The van der Waals surface area contributed by atoms with Crippen molar-refractivity contribution in [3.05, 3.63) is 46.4 Å². The number of nitrogens with zero attached hydrogens (tertiary/aromatic N) is 1. The van der Waals surface area contributed by atoms with E-state index in [2.05, 4.69) is 9.97 Å². The third-order valence-electron chi connectivity index (χ3n) is 2.22. The summed E-state index contributed by atoms with van der Waals surface area (Å²) in [5.41, 5.74) is 4.20. The fourth-order valence-corrected chi connectivity index (χ4v) is 1.38. The predicted octanol–water partition coefficient (Wildman–Crippen LogP) is 2.04. The summed E-state index contributed by atoms with van der Waals surface area (Å²) in [5, 5.41) is 0. The smallest absolute Gasteiger partial charge is 0.399 e. The minimum absolute atomic E-state index is 0.144. The van der Waals surface area contributed by atoms with Crippen LogP contribution in [0.15, 0.2) is 35.1 Å². The van der Waals surface area contributed by atoms with Gasteiger partial charge in [-0.05, 0) is 24.3 Å². The van der Waals surface area contributed by atoms with Crippen molar-refractivity contribution in [1.82, 2.24) is 9.97 Å². The normalized spacial score (nSPS) is 11.5. The van der Waals surface area contributed by atoms with Gasteiger partial charge in [0.1, 0.15) is 5.82 Å². The lowest BCUT2D eigenvalue weighted by Gasteiger charge is -2.07. The highest BCUT2D eigenvalue weighted by atomic mass is 19.4. The van der Waals surface area contributed by atoms with Gasteiger partial charge in [0.2, 0.25) is 0 Å². The first-order chi connectivity index (χ1) is 8.36. The first kappa shape index (κ1) is 12.2. The second-order valence-corrected chi connectivity index (χ2v) is 3.60. The minimum Gasteiger partial charge on any atom is -0.399 e. The molecule has 0 saturated heterocycles.